The number of carbonyl (C=O) groups is 1. The zero-order chi connectivity index (χ0) is 17.2. The van der Waals surface area contributed by atoms with Crippen molar-refractivity contribution in [1.29, 1.82) is 0 Å². The molecule has 2 N–H and O–H groups in total. The first-order chi connectivity index (χ1) is 10.7. The van der Waals surface area contributed by atoms with Crippen LogP contribution >= 0.6 is 11.6 Å². The van der Waals surface area contributed by atoms with Crippen molar-refractivity contribution in [2.75, 3.05) is 4.72 Å². The monoisotopic (exact) mass is 356 g/mol. The summed E-state index contributed by atoms with van der Waals surface area (Å²) in [6.07, 6.45) is 0. The lowest BCUT2D eigenvalue weighted by atomic mass is 10.2. The number of nitro benzene ring substituents is 1. The van der Waals surface area contributed by atoms with E-state index in [1.54, 1.807) is 0 Å². The number of non-ortho nitro benzene ring substituents is 1. The lowest BCUT2D eigenvalue weighted by Gasteiger charge is -2.10. The SMILES string of the molecule is O=C(O)c1ccc(Cl)c(S(=O)(=O)Nc2cccc([N+](=O)[O-])c2)c1. The maximum absolute atomic E-state index is 12.3. The number of carboxylic acid groups (broad SMARTS) is 1. The number of anilines is 1. The zero-order valence-corrected chi connectivity index (χ0v) is 12.8. The van der Waals surface area contributed by atoms with Gasteiger partial charge in [0, 0.05) is 12.1 Å². The van der Waals surface area contributed by atoms with E-state index < -0.39 is 25.8 Å². The van der Waals surface area contributed by atoms with Crippen molar-refractivity contribution >= 4 is 39.0 Å². The Kier molecular flexibility index (Phi) is 4.52. The fourth-order valence-corrected chi connectivity index (χ4v) is 3.31. The van der Waals surface area contributed by atoms with Gasteiger partial charge in [0.15, 0.2) is 0 Å². The highest BCUT2D eigenvalue weighted by molar-refractivity contribution is 7.92. The Balaban J connectivity index is 2.43. The number of hydrogen-bond donors (Lipinski definition) is 2. The summed E-state index contributed by atoms with van der Waals surface area (Å²) >= 11 is 5.81. The maximum atomic E-state index is 12.3. The minimum atomic E-state index is -4.21. The molecule has 0 saturated heterocycles. The minimum absolute atomic E-state index is 0.0454. The number of rotatable bonds is 5. The average molecular weight is 357 g/mol. The van der Waals surface area contributed by atoms with E-state index in [1.165, 1.54) is 18.2 Å². The van der Waals surface area contributed by atoms with E-state index in [4.69, 9.17) is 16.7 Å². The summed E-state index contributed by atoms with van der Waals surface area (Å²) in [6, 6.07) is 8.08. The molecule has 120 valence electrons. The average Bonchev–Trinajstić information content (AvgIpc) is 2.47. The summed E-state index contributed by atoms with van der Waals surface area (Å²) in [6.45, 7) is 0. The van der Waals surface area contributed by atoms with E-state index in [9.17, 15) is 23.3 Å². The molecular weight excluding hydrogens is 348 g/mol. The molecule has 0 spiro atoms. The molecule has 2 rings (SSSR count). The third kappa shape index (κ3) is 3.76. The van der Waals surface area contributed by atoms with Gasteiger partial charge in [-0.3, -0.25) is 14.8 Å². The molecule has 23 heavy (non-hydrogen) atoms. The topological polar surface area (TPSA) is 127 Å². The Labute approximate surface area is 135 Å². The second-order valence-electron chi connectivity index (χ2n) is 4.36. The van der Waals surface area contributed by atoms with E-state index in [0.717, 1.165) is 24.3 Å². The summed E-state index contributed by atoms with van der Waals surface area (Å²) in [7, 11) is -4.21. The molecule has 0 unspecified atom stereocenters. The van der Waals surface area contributed by atoms with Crippen LogP contribution in [0.3, 0.4) is 0 Å². The number of sulfonamides is 1. The standard InChI is InChI=1S/C13H9ClN2O6S/c14-11-5-4-8(13(17)18)6-12(11)23(21,22)15-9-2-1-3-10(7-9)16(19)20/h1-7,15H,(H,17,18). The molecule has 0 atom stereocenters. The van der Waals surface area contributed by atoms with Crippen LogP contribution in [0.1, 0.15) is 10.4 Å². The summed E-state index contributed by atoms with van der Waals surface area (Å²) in [5.74, 6) is -1.31. The van der Waals surface area contributed by atoms with Crippen LogP contribution in [0.25, 0.3) is 0 Å². The largest absolute Gasteiger partial charge is 0.478 e. The first-order valence-electron chi connectivity index (χ1n) is 6.01. The molecule has 0 aromatic heterocycles. The van der Waals surface area contributed by atoms with Crippen molar-refractivity contribution in [2.24, 2.45) is 0 Å². The first-order valence-corrected chi connectivity index (χ1v) is 7.87. The van der Waals surface area contributed by atoms with Crippen molar-refractivity contribution in [1.82, 2.24) is 0 Å². The molecule has 2 aromatic rings. The first kappa shape index (κ1) is 16.7. The van der Waals surface area contributed by atoms with Gasteiger partial charge in [-0.25, -0.2) is 13.2 Å². The number of nitrogens with zero attached hydrogens (tertiary/aromatic N) is 1. The van der Waals surface area contributed by atoms with E-state index in [2.05, 4.69) is 4.72 Å². The van der Waals surface area contributed by atoms with Gasteiger partial charge in [0.2, 0.25) is 0 Å². The second kappa shape index (κ2) is 6.23. The Morgan fingerprint density at radius 1 is 1.22 bits per heavy atom. The fourth-order valence-electron chi connectivity index (χ4n) is 1.74. The number of nitro groups is 1. The van der Waals surface area contributed by atoms with Crippen LogP contribution in [0.4, 0.5) is 11.4 Å². The van der Waals surface area contributed by atoms with Crippen molar-refractivity contribution < 1.29 is 23.2 Å². The Hall–Kier alpha value is -2.65. The molecule has 0 aliphatic heterocycles. The van der Waals surface area contributed by atoms with Crippen LogP contribution in [-0.2, 0) is 10.0 Å². The van der Waals surface area contributed by atoms with Crippen LogP contribution in [0.15, 0.2) is 47.4 Å². The fraction of sp³-hybridized carbons (Fsp3) is 0. The molecule has 0 radical (unpaired) electrons. The van der Waals surface area contributed by atoms with Gasteiger partial charge in [-0.2, -0.15) is 0 Å². The molecule has 8 nitrogen and oxygen atoms in total. The van der Waals surface area contributed by atoms with Gasteiger partial charge < -0.3 is 5.11 Å². The van der Waals surface area contributed by atoms with Gasteiger partial charge in [0.05, 0.1) is 21.2 Å². The van der Waals surface area contributed by atoms with Crippen molar-refractivity contribution in [3.63, 3.8) is 0 Å². The van der Waals surface area contributed by atoms with Gasteiger partial charge in [-0.05, 0) is 24.3 Å². The van der Waals surface area contributed by atoms with Crippen molar-refractivity contribution in [3.8, 4) is 0 Å². The van der Waals surface area contributed by atoms with E-state index >= 15 is 0 Å². The van der Waals surface area contributed by atoms with Gasteiger partial charge in [-0.1, -0.05) is 17.7 Å². The van der Waals surface area contributed by atoms with Crippen LogP contribution in [0, 0.1) is 10.1 Å². The predicted molar refractivity (Wildman–Crippen MR) is 82.3 cm³/mol. The van der Waals surface area contributed by atoms with E-state index in [-0.39, 0.29) is 22.0 Å². The lowest BCUT2D eigenvalue weighted by Crippen LogP contribution is -2.14. The van der Waals surface area contributed by atoms with Gasteiger partial charge in [0.25, 0.3) is 15.7 Å². The molecule has 2 aromatic carbocycles. The molecule has 0 bridgehead atoms. The molecule has 0 saturated carbocycles. The maximum Gasteiger partial charge on any atom is 0.335 e. The van der Waals surface area contributed by atoms with Gasteiger partial charge in [0.1, 0.15) is 4.90 Å². The number of carboxylic acids is 1. The molecule has 0 aliphatic rings. The molecule has 0 heterocycles. The Morgan fingerprint density at radius 3 is 2.52 bits per heavy atom. The van der Waals surface area contributed by atoms with Gasteiger partial charge >= 0.3 is 5.97 Å². The summed E-state index contributed by atoms with van der Waals surface area (Å²) in [4.78, 5) is 20.5. The quantitative estimate of drug-likeness (QED) is 0.626. The number of halogens is 1. The Bertz CT molecular complexity index is 897. The highest BCUT2D eigenvalue weighted by Crippen LogP contribution is 2.26. The zero-order valence-electron chi connectivity index (χ0n) is 11.3. The van der Waals surface area contributed by atoms with Crippen LogP contribution in [0.5, 0.6) is 0 Å². The summed E-state index contributed by atoms with van der Waals surface area (Å²) in [5.41, 5.74) is -0.597. The van der Waals surface area contributed by atoms with Crippen LogP contribution < -0.4 is 4.72 Å². The summed E-state index contributed by atoms with van der Waals surface area (Å²) < 4.78 is 26.8. The normalized spacial score (nSPS) is 11.0. The number of aromatic carboxylic acids is 1. The van der Waals surface area contributed by atoms with Crippen molar-refractivity contribution in [2.45, 2.75) is 4.90 Å². The number of hydrogen-bond acceptors (Lipinski definition) is 5. The predicted octanol–water partition coefficient (Wildman–Crippen LogP) is 2.75. The smallest absolute Gasteiger partial charge is 0.335 e. The van der Waals surface area contributed by atoms with E-state index in [1.807, 2.05) is 0 Å². The van der Waals surface area contributed by atoms with Crippen molar-refractivity contribution in [3.05, 3.63) is 63.2 Å². The Morgan fingerprint density at radius 2 is 1.91 bits per heavy atom. The van der Waals surface area contributed by atoms with Gasteiger partial charge in [-0.15, -0.1) is 0 Å². The molecule has 0 amide bonds. The lowest BCUT2D eigenvalue weighted by molar-refractivity contribution is -0.384. The second-order valence-corrected chi connectivity index (χ2v) is 6.42. The van der Waals surface area contributed by atoms with E-state index in [0.29, 0.717) is 0 Å². The number of nitrogens with one attached hydrogen (secondary N) is 1. The van der Waals surface area contributed by atoms with Crippen LogP contribution in [-0.4, -0.2) is 24.4 Å². The molecule has 0 aliphatic carbocycles. The molecular formula is C13H9ClN2O6S. The summed E-state index contributed by atoms with van der Waals surface area (Å²) in [5, 5.41) is 19.5. The molecule has 10 heteroatoms. The highest BCUT2D eigenvalue weighted by Gasteiger charge is 2.21. The highest BCUT2D eigenvalue weighted by atomic mass is 35.5. The third-order valence-corrected chi connectivity index (χ3v) is 4.64. The number of benzene rings is 2. The molecule has 0 fully saturated rings. The third-order valence-electron chi connectivity index (χ3n) is 2.78. The minimum Gasteiger partial charge on any atom is -0.478 e. The van der Waals surface area contributed by atoms with Crippen LogP contribution in [0.2, 0.25) is 5.02 Å².